The minimum absolute atomic E-state index is 0. The fraction of sp³-hybridized carbons (Fsp3) is 0.562. The van der Waals surface area contributed by atoms with Crippen LogP contribution >= 0.6 is 12.4 Å². The summed E-state index contributed by atoms with van der Waals surface area (Å²) in [4.78, 5) is 12.0. The Kier molecular flexibility index (Phi) is 7.22. The third-order valence-electron chi connectivity index (χ3n) is 4.12. The molecule has 3 N–H and O–H groups in total. The van der Waals surface area contributed by atoms with E-state index in [1.807, 2.05) is 6.92 Å². The number of rotatable bonds is 8. The van der Waals surface area contributed by atoms with Gasteiger partial charge in [0.2, 0.25) is 5.91 Å². The van der Waals surface area contributed by atoms with Gasteiger partial charge in [-0.15, -0.1) is 12.4 Å². The maximum atomic E-state index is 12.1. The van der Waals surface area contributed by atoms with E-state index in [0.29, 0.717) is 25.3 Å². The van der Waals surface area contributed by atoms with E-state index in [4.69, 9.17) is 5.73 Å². The number of carbonyl (C=O) groups excluding carboxylic acids is 1. The number of halogens is 3. The molecular weight excluding hydrogens is 326 g/mol. The summed E-state index contributed by atoms with van der Waals surface area (Å²) in [7, 11) is 0. The normalized spacial score (nSPS) is 16.4. The topological polar surface area (TPSA) is 64.3 Å². The van der Waals surface area contributed by atoms with Gasteiger partial charge in [0.15, 0.2) is 0 Å². The van der Waals surface area contributed by atoms with Crippen LogP contribution in [-0.4, -0.2) is 24.6 Å². The van der Waals surface area contributed by atoms with E-state index in [9.17, 15) is 13.6 Å². The van der Waals surface area contributed by atoms with Crippen LogP contribution in [0.2, 0.25) is 0 Å². The van der Waals surface area contributed by atoms with Gasteiger partial charge < -0.3 is 15.8 Å². The largest absolute Gasteiger partial charge is 0.435 e. The fourth-order valence-electron chi connectivity index (χ4n) is 2.52. The van der Waals surface area contributed by atoms with E-state index in [1.165, 1.54) is 12.1 Å². The molecule has 0 aromatic heterocycles. The van der Waals surface area contributed by atoms with Crippen molar-refractivity contribution in [2.45, 2.75) is 44.8 Å². The Hall–Kier alpha value is -1.40. The molecule has 7 heteroatoms. The Morgan fingerprint density at radius 2 is 2.00 bits per heavy atom. The quantitative estimate of drug-likeness (QED) is 0.759. The summed E-state index contributed by atoms with van der Waals surface area (Å²) >= 11 is 0. The van der Waals surface area contributed by atoms with Crippen LogP contribution in [0.5, 0.6) is 5.75 Å². The zero-order chi connectivity index (χ0) is 16.2. The lowest BCUT2D eigenvalue weighted by Crippen LogP contribution is -2.53. The first-order valence-electron chi connectivity index (χ1n) is 7.48. The summed E-state index contributed by atoms with van der Waals surface area (Å²) in [5.41, 5.74) is 6.36. The molecule has 1 atom stereocenters. The van der Waals surface area contributed by atoms with E-state index in [-0.39, 0.29) is 29.6 Å². The van der Waals surface area contributed by atoms with Gasteiger partial charge in [0.1, 0.15) is 5.75 Å². The Morgan fingerprint density at radius 1 is 1.39 bits per heavy atom. The van der Waals surface area contributed by atoms with Crippen molar-refractivity contribution in [1.29, 1.82) is 0 Å². The van der Waals surface area contributed by atoms with Crippen molar-refractivity contribution in [3.63, 3.8) is 0 Å². The van der Waals surface area contributed by atoms with Crippen LogP contribution in [0.15, 0.2) is 24.3 Å². The molecule has 0 spiro atoms. The summed E-state index contributed by atoms with van der Waals surface area (Å²) < 4.78 is 28.4. The highest BCUT2D eigenvalue weighted by Crippen LogP contribution is 2.39. The van der Waals surface area contributed by atoms with Gasteiger partial charge in [0, 0.05) is 13.0 Å². The van der Waals surface area contributed by atoms with Crippen molar-refractivity contribution in [3.8, 4) is 5.75 Å². The van der Waals surface area contributed by atoms with Crippen LogP contribution in [0.1, 0.15) is 31.7 Å². The first-order valence-corrected chi connectivity index (χ1v) is 7.48. The van der Waals surface area contributed by atoms with E-state index >= 15 is 0 Å². The summed E-state index contributed by atoms with van der Waals surface area (Å²) in [5, 5.41) is 3.02. The smallest absolute Gasteiger partial charge is 0.387 e. The molecule has 1 amide bonds. The number of nitrogens with two attached hydrogens (primary N) is 1. The number of benzene rings is 1. The number of nitrogens with one attached hydrogen (secondary N) is 1. The van der Waals surface area contributed by atoms with Gasteiger partial charge in [-0.05, 0) is 49.8 Å². The highest BCUT2D eigenvalue weighted by atomic mass is 35.5. The van der Waals surface area contributed by atoms with Crippen molar-refractivity contribution in [1.82, 2.24) is 5.32 Å². The SMILES string of the molecule is CC(CN)(NC(=O)CCc1ccc(OC(F)F)cc1)C1CC1.Cl. The van der Waals surface area contributed by atoms with Crippen LogP contribution in [-0.2, 0) is 11.2 Å². The van der Waals surface area contributed by atoms with Gasteiger partial charge in [-0.3, -0.25) is 4.79 Å². The summed E-state index contributed by atoms with van der Waals surface area (Å²) in [5.74, 6) is 0.563. The number of hydrogen-bond acceptors (Lipinski definition) is 3. The highest BCUT2D eigenvalue weighted by molar-refractivity contribution is 5.85. The van der Waals surface area contributed by atoms with E-state index in [0.717, 1.165) is 18.4 Å². The average molecular weight is 349 g/mol. The molecule has 1 aromatic rings. The predicted molar refractivity (Wildman–Crippen MR) is 87.0 cm³/mol. The number of ether oxygens (including phenoxy) is 1. The molecule has 130 valence electrons. The third kappa shape index (κ3) is 5.95. The van der Waals surface area contributed by atoms with Crippen LogP contribution in [0.25, 0.3) is 0 Å². The zero-order valence-corrected chi connectivity index (χ0v) is 13.9. The highest BCUT2D eigenvalue weighted by Gasteiger charge is 2.41. The van der Waals surface area contributed by atoms with Crippen LogP contribution in [0.3, 0.4) is 0 Å². The lowest BCUT2D eigenvalue weighted by molar-refractivity contribution is -0.123. The van der Waals surface area contributed by atoms with Gasteiger partial charge >= 0.3 is 6.61 Å². The fourth-order valence-corrected chi connectivity index (χ4v) is 2.52. The van der Waals surface area contributed by atoms with Gasteiger partial charge in [-0.25, -0.2) is 0 Å². The Morgan fingerprint density at radius 3 is 2.48 bits per heavy atom. The average Bonchev–Trinajstić information content (AvgIpc) is 3.31. The van der Waals surface area contributed by atoms with E-state index in [2.05, 4.69) is 10.1 Å². The predicted octanol–water partition coefficient (Wildman–Crippen LogP) is 2.89. The Labute approximate surface area is 141 Å². The standard InChI is InChI=1S/C16H22F2N2O2.ClH/c1-16(10-19,12-5-6-12)20-14(21)9-4-11-2-7-13(8-3-11)22-15(17)18;/h2-3,7-8,12,15H,4-6,9-10,19H2,1H3,(H,20,21);1H. The molecule has 0 bridgehead atoms. The van der Waals surface area contributed by atoms with Crippen LogP contribution in [0, 0.1) is 5.92 Å². The molecule has 1 unspecified atom stereocenters. The number of aryl methyl sites for hydroxylation is 1. The summed E-state index contributed by atoms with van der Waals surface area (Å²) in [6.45, 7) is -0.407. The summed E-state index contributed by atoms with van der Waals surface area (Å²) in [6.07, 6.45) is 3.11. The molecule has 4 nitrogen and oxygen atoms in total. The molecule has 2 rings (SSSR count). The van der Waals surface area contributed by atoms with Crippen molar-refractivity contribution in [3.05, 3.63) is 29.8 Å². The van der Waals surface area contributed by atoms with E-state index < -0.39 is 6.61 Å². The van der Waals surface area contributed by atoms with Gasteiger partial charge in [-0.2, -0.15) is 8.78 Å². The van der Waals surface area contributed by atoms with E-state index in [1.54, 1.807) is 12.1 Å². The summed E-state index contributed by atoms with van der Waals surface area (Å²) in [6, 6.07) is 6.34. The molecule has 0 heterocycles. The lowest BCUT2D eigenvalue weighted by atomic mass is 9.95. The molecule has 1 aliphatic carbocycles. The molecule has 1 saturated carbocycles. The Balaban J connectivity index is 0.00000264. The van der Waals surface area contributed by atoms with Crippen LogP contribution in [0.4, 0.5) is 8.78 Å². The second-order valence-corrected chi connectivity index (χ2v) is 5.97. The maximum Gasteiger partial charge on any atom is 0.387 e. The second-order valence-electron chi connectivity index (χ2n) is 5.97. The van der Waals surface area contributed by atoms with Gasteiger partial charge in [0.05, 0.1) is 5.54 Å². The molecule has 0 saturated heterocycles. The number of amides is 1. The van der Waals surface area contributed by atoms with Gasteiger partial charge in [-0.1, -0.05) is 12.1 Å². The van der Waals surface area contributed by atoms with Crippen molar-refractivity contribution in [2.75, 3.05) is 6.54 Å². The van der Waals surface area contributed by atoms with Gasteiger partial charge in [0.25, 0.3) is 0 Å². The molecular formula is C16H23ClF2N2O2. The molecule has 1 fully saturated rings. The number of hydrogen-bond donors (Lipinski definition) is 2. The zero-order valence-electron chi connectivity index (χ0n) is 13.1. The minimum atomic E-state index is -2.83. The number of alkyl halides is 2. The Bertz CT molecular complexity index is 509. The van der Waals surface area contributed by atoms with Crippen molar-refractivity contribution in [2.24, 2.45) is 11.7 Å². The minimum Gasteiger partial charge on any atom is -0.435 e. The second kappa shape index (κ2) is 8.45. The maximum absolute atomic E-state index is 12.1. The molecule has 1 aromatic carbocycles. The monoisotopic (exact) mass is 348 g/mol. The molecule has 0 radical (unpaired) electrons. The van der Waals surface area contributed by atoms with Crippen LogP contribution < -0.4 is 15.8 Å². The first-order chi connectivity index (χ1) is 10.4. The van der Waals surface area contributed by atoms with Crippen molar-refractivity contribution >= 4 is 18.3 Å². The molecule has 23 heavy (non-hydrogen) atoms. The molecule has 0 aliphatic heterocycles. The number of carbonyl (C=O) groups is 1. The van der Waals surface area contributed by atoms with Crippen molar-refractivity contribution < 1.29 is 18.3 Å². The first kappa shape index (κ1) is 19.6. The third-order valence-corrected chi connectivity index (χ3v) is 4.12. The lowest BCUT2D eigenvalue weighted by Gasteiger charge is -2.29. The molecule has 1 aliphatic rings.